The standard InChI is InChI=1S/C16H17BrO5/c1-4-22-15(21)11-8(14(19)20)5-6-9-12(11)13(18)10(17)7-16(9,2)3/h5-6,10H,4,7H2,1-3H3,(H,19,20)/t10-/m0/s1. The number of esters is 1. The lowest BCUT2D eigenvalue weighted by Gasteiger charge is -2.35. The zero-order chi connectivity index (χ0) is 16.7. The average Bonchev–Trinajstić information content (AvgIpc) is 2.43. The van der Waals surface area contributed by atoms with Crippen molar-refractivity contribution >= 4 is 33.7 Å². The van der Waals surface area contributed by atoms with E-state index in [-0.39, 0.29) is 34.5 Å². The second kappa shape index (κ2) is 5.83. The summed E-state index contributed by atoms with van der Waals surface area (Å²) >= 11 is 3.33. The number of aromatic carboxylic acids is 1. The fraction of sp³-hybridized carbons (Fsp3) is 0.438. The fourth-order valence-corrected chi connectivity index (χ4v) is 3.86. The molecule has 118 valence electrons. The maximum atomic E-state index is 12.6. The highest BCUT2D eigenvalue weighted by atomic mass is 79.9. The van der Waals surface area contributed by atoms with Gasteiger partial charge >= 0.3 is 11.9 Å². The molecule has 2 rings (SSSR count). The first-order valence-corrected chi connectivity index (χ1v) is 7.88. The van der Waals surface area contributed by atoms with E-state index < -0.39 is 16.8 Å². The molecule has 0 saturated carbocycles. The number of carbonyl (C=O) groups is 3. The predicted octanol–water partition coefficient (Wildman–Crippen LogP) is 3.19. The number of carboxylic acids is 1. The first-order chi connectivity index (χ1) is 10.2. The molecule has 1 aliphatic rings. The van der Waals surface area contributed by atoms with Gasteiger partial charge in [-0.3, -0.25) is 4.79 Å². The molecule has 5 nitrogen and oxygen atoms in total. The Kier molecular flexibility index (Phi) is 4.42. The minimum absolute atomic E-state index is 0.108. The lowest BCUT2D eigenvalue weighted by atomic mass is 9.70. The van der Waals surface area contributed by atoms with E-state index in [9.17, 15) is 19.5 Å². The Morgan fingerprint density at radius 1 is 1.41 bits per heavy atom. The molecule has 0 unspecified atom stereocenters. The van der Waals surface area contributed by atoms with Gasteiger partial charge in [-0.15, -0.1) is 0 Å². The van der Waals surface area contributed by atoms with E-state index in [0.29, 0.717) is 12.0 Å². The van der Waals surface area contributed by atoms with Gasteiger partial charge in [0.25, 0.3) is 0 Å². The third-order valence-corrected chi connectivity index (χ3v) is 4.60. The van der Waals surface area contributed by atoms with E-state index in [0.717, 1.165) is 0 Å². The Labute approximate surface area is 136 Å². The van der Waals surface area contributed by atoms with Crippen LogP contribution in [0.25, 0.3) is 0 Å². The van der Waals surface area contributed by atoms with Crippen molar-refractivity contribution in [3.63, 3.8) is 0 Å². The monoisotopic (exact) mass is 368 g/mol. The van der Waals surface area contributed by atoms with Gasteiger partial charge in [0.05, 0.1) is 22.6 Å². The topological polar surface area (TPSA) is 80.7 Å². The van der Waals surface area contributed by atoms with Gasteiger partial charge in [-0.05, 0) is 30.4 Å². The largest absolute Gasteiger partial charge is 0.478 e. The molecule has 0 radical (unpaired) electrons. The molecule has 0 amide bonds. The summed E-state index contributed by atoms with van der Waals surface area (Å²) in [4.78, 5) is 35.8. The molecule has 0 aromatic heterocycles. The number of hydrogen-bond donors (Lipinski definition) is 1. The number of alkyl halides is 1. The minimum Gasteiger partial charge on any atom is -0.478 e. The van der Waals surface area contributed by atoms with Crippen LogP contribution in [-0.2, 0) is 10.2 Å². The van der Waals surface area contributed by atoms with Crippen LogP contribution in [0.2, 0.25) is 0 Å². The number of fused-ring (bicyclic) bond motifs is 1. The summed E-state index contributed by atoms with van der Waals surface area (Å²) in [5.74, 6) is -2.31. The van der Waals surface area contributed by atoms with Gasteiger partial charge in [0.15, 0.2) is 5.78 Å². The quantitative estimate of drug-likeness (QED) is 0.654. The number of benzene rings is 1. The van der Waals surface area contributed by atoms with Crippen LogP contribution in [0.15, 0.2) is 12.1 Å². The molecule has 0 fully saturated rings. The number of halogens is 1. The number of ether oxygens (including phenoxy) is 1. The third-order valence-electron chi connectivity index (χ3n) is 3.86. The van der Waals surface area contributed by atoms with Crippen LogP contribution in [0.1, 0.15) is 63.8 Å². The Bertz CT molecular complexity index is 663. The van der Waals surface area contributed by atoms with E-state index >= 15 is 0 Å². The van der Waals surface area contributed by atoms with E-state index in [1.165, 1.54) is 6.07 Å². The number of ketones is 1. The van der Waals surface area contributed by atoms with Crippen molar-refractivity contribution in [1.29, 1.82) is 0 Å². The van der Waals surface area contributed by atoms with Crippen molar-refractivity contribution in [2.24, 2.45) is 0 Å². The Morgan fingerprint density at radius 3 is 2.59 bits per heavy atom. The number of carbonyl (C=O) groups excluding carboxylic acids is 2. The van der Waals surface area contributed by atoms with Crippen LogP contribution in [0.5, 0.6) is 0 Å². The van der Waals surface area contributed by atoms with Gasteiger partial charge in [-0.25, -0.2) is 9.59 Å². The molecular weight excluding hydrogens is 352 g/mol. The lowest BCUT2D eigenvalue weighted by molar-refractivity contribution is 0.0510. The normalized spacial score (nSPS) is 19.5. The van der Waals surface area contributed by atoms with Gasteiger partial charge in [0.1, 0.15) is 0 Å². The van der Waals surface area contributed by atoms with Crippen molar-refractivity contribution in [2.45, 2.75) is 37.4 Å². The molecule has 6 heteroatoms. The third kappa shape index (κ3) is 2.67. The fourth-order valence-electron chi connectivity index (χ4n) is 2.82. The van der Waals surface area contributed by atoms with Crippen molar-refractivity contribution in [3.8, 4) is 0 Å². The number of carboxylic acid groups (broad SMARTS) is 1. The van der Waals surface area contributed by atoms with Gasteiger partial charge < -0.3 is 9.84 Å². The summed E-state index contributed by atoms with van der Waals surface area (Å²) in [6.45, 7) is 5.66. The summed E-state index contributed by atoms with van der Waals surface area (Å²) in [6, 6.07) is 3.00. The smallest absolute Gasteiger partial charge is 0.339 e. The summed E-state index contributed by atoms with van der Waals surface area (Å²) < 4.78 is 4.97. The van der Waals surface area contributed by atoms with Crippen LogP contribution in [-0.4, -0.2) is 34.3 Å². The Balaban J connectivity index is 2.81. The van der Waals surface area contributed by atoms with Crippen LogP contribution in [0.3, 0.4) is 0 Å². The van der Waals surface area contributed by atoms with Crippen LogP contribution >= 0.6 is 15.9 Å². The van der Waals surface area contributed by atoms with Crippen molar-refractivity contribution in [2.75, 3.05) is 6.61 Å². The molecule has 1 aliphatic carbocycles. The zero-order valence-electron chi connectivity index (χ0n) is 12.6. The molecule has 1 aromatic rings. The maximum absolute atomic E-state index is 12.6. The molecule has 0 bridgehead atoms. The van der Waals surface area contributed by atoms with Crippen molar-refractivity contribution in [1.82, 2.24) is 0 Å². The molecule has 0 saturated heterocycles. The molecular formula is C16H17BrO5. The van der Waals surface area contributed by atoms with Gasteiger partial charge in [0, 0.05) is 5.56 Å². The highest BCUT2D eigenvalue weighted by Crippen LogP contribution is 2.41. The van der Waals surface area contributed by atoms with E-state index in [4.69, 9.17) is 4.74 Å². The highest BCUT2D eigenvalue weighted by Gasteiger charge is 2.41. The van der Waals surface area contributed by atoms with E-state index in [1.54, 1.807) is 13.0 Å². The molecule has 22 heavy (non-hydrogen) atoms. The van der Waals surface area contributed by atoms with Crippen molar-refractivity contribution in [3.05, 3.63) is 34.4 Å². The van der Waals surface area contributed by atoms with Crippen LogP contribution < -0.4 is 0 Å². The molecule has 1 aromatic carbocycles. The zero-order valence-corrected chi connectivity index (χ0v) is 14.2. The molecule has 0 heterocycles. The van der Waals surface area contributed by atoms with E-state index in [1.807, 2.05) is 13.8 Å². The van der Waals surface area contributed by atoms with Gasteiger partial charge in [0.2, 0.25) is 0 Å². The summed E-state index contributed by atoms with van der Waals surface area (Å²) in [5, 5.41) is 9.34. The van der Waals surface area contributed by atoms with Crippen molar-refractivity contribution < 1.29 is 24.2 Å². The first-order valence-electron chi connectivity index (χ1n) is 6.97. The Morgan fingerprint density at radius 2 is 2.05 bits per heavy atom. The molecule has 1 atom stereocenters. The average molecular weight is 369 g/mol. The minimum atomic E-state index is -1.26. The maximum Gasteiger partial charge on any atom is 0.339 e. The molecule has 0 aliphatic heterocycles. The summed E-state index contributed by atoms with van der Waals surface area (Å²) in [5.41, 5.74) is 0.144. The number of rotatable bonds is 3. The summed E-state index contributed by atoms with van der Waals surface area (Å²) in [7, 11) is 0. The molecule has 0 spiro atoms. The van der Waals surface area contributed by atoms with E-state index in [2.05, 4.69) is 15.9 Å². The lowest BCUT2D eigenvalue weighted by Crippen LogP contribution is -2.37. The first kappa shape index (κ1) is 16.7. The predicted molar refractivity (Wildman–Crippen MR) is 84.0 cm³/mol. The second-order valence-electron chi connectivity index (χ2n) is 5.86. The number of hydrogen-bond acceptors (Lipinski definition) is 4. The molecule has 1 N–H and O–H groups in total. The van der Waals surface area contributed by atoms with Gasteiger partial charge in [-0.2, -0.15) is 0 Å². The SMILES string of the molecule is CCOC(=O)c1c(C(=O)O)ccc2c1C(=O)[C@@H](Br)CC2(C)C. The van der Waals surface area contributed by atoms with Gasteiger partial charge in [-0.1, -0.05) is 35.8 Å². The highest BCUT2D eigenvalue weighted by molar-refractivity contribution is 9.10. The number of Topliss-reactive ketones (excluding diaryl/α,β-unsaturated/α-hetero) is 1. The Hall–Kier alpha value is -1.69. The summed E-state index contributed by atoms with van der Waals surface area (Å²) in [6.07, 6.45) is 0.577. The second-order valence-corrected chi connectivity index (χ2v) is 6.96. The van der Waals surface area contributed by atoms with Crippen LogP contribution in [0, 0.1) is 0 Å². The van der Waals surface area contributed by atoms with Crippen LogP contribution in [0.4, 0.5) is 0 Å².